The number of benzene rings is 2. The Hall–Kier alpha value is -2.59. The SMILES string of the molecule is C=C(C)C(=O)OCN1COc2ccc(-c3ccccc3)cc2C1. The molecule has 1 aliphatic heterocycles. The van der Waals surface area contributed by atoms with Gasteiger partial charge >= 0.3 is 5.97 Å². The molecule has 0 radical (unpaired) electrons. The first-order valence-corrected chi connectivity index (χ1v) is 7.49. The van der Waals surface area contributed by atoms with Crippen molar-refractivity contribution in [1.82, 2.24) is 4.90 Å². The Kier molecular flexibility index (Phi) is 4.44. The van der Waals surface area contributed by atoms with E-state index in [9.17, 15) is 4.79 Å². The maximum Gasteiger partial charge on any atom is 0.334 e. The molecular weight excluding hydrogens is 290 g/mol. The maximum absolute atomic E-state index is 11.5. The average Bonchev–Trinajstić information content (AvgIpc) is 2.59. The largest absolute Gasteiger partial charge is 0.478 e. The van der Waals surface area contributed by atoms with Crippen molar-refractivity contribution < 1.29 is 14.3 Å². The normalized spacial score (nSPS) is 13.8. The molecule has 0 bridgehead atoms. The molecule has 4 heteroatoms. The third-order valence-electron chi connectivity index (χ3n) is 3.69. The van der Waals surface area contributed by atoms with Crippen molar-refractivity contribution >= 4 is 5.97 Å². The fourth-order valence-corrected chi connectivity index (χ4v) is 2.46. The van der Waals surface area contributed by atoms with E-state index in [1.165, 1.54) is 5.56 Å². The fourth-order valence-electron chi connectivity index (χ4n) is 2.46. The van der Waals surface area contributed by atoms with Gasteiger partial charge in [0.2, 0.25) is 0 Å². The second-order valence-corrected chi connectivity index (χ2v) is 5.63. The van der Waals surface area contributed by atoms with Gasteiger partial charge in [0.25, 0.3) is 0 Å². The van der Waals surface area contributed by atoms with E-state index in [4.69, 9.17) is 9.47 Å². The van der Waals surface area contributed by atoms with Gasteiger partial charge in [-0.25, -0.2) is 9.69 Å². The lowest BCUT2D eigenvalue weighted by molar-refractivity contribution is -0.146. The van der Waals surface area contributed by atoms with Gasteiger partial charge in [-0.05, 0) is 30.2 Å². The molecule has 1 aliphatic rings. The zero-order chi connectivity index (χ0) is 16.2. The van der Waals surface area contributed by atoms with Crippen molar-refractivity contribution in [2.75, 3.05) is 13.5 Å². The summed E-state index contributed by atoms with van der Waals surface area (Å²) in [6.45, 7) is 6.49. The smallest absolute Gasteiger partial charge is 0.334 e. The summed E-state index contributed by atoms with van der Waals surface area (Å²) in [6.07, 6.45) is 0. The third kappa shape index (κ3) is 3.60. The predicted molar refractivity (Wildman–Crippen MR) is 88.7 cm³/mol. The molecular formula is C19H19NO3. The highest BCUT2D eigenvalue weighted by atomic mass is 16.6. The average molecular weight is 309 g/mol. The van der Waals surface area contributed by atoms with Crippen molar-refractivity contribution in [1.29, 1.82) is 0 Å². The molecule has 0 aliphatic carbocycles. The summed E-state index contributed by atoms with van der Waals surface area (Å²) in [5, 5.41) is 0. The Balaban J connectivity index is 1.72. The van der Waals surface area contributed by atoms with Crippen molar-refractivity contribution in [3.8, 4) is 16.9 Å². The highest BCUT2D eigenvalue weighted by molar-refractivity contribution is 5.86. The van der Waals surface area contributed by atoms with Gasteiger partial charge in [0.05, 0.1) is 0 Å². The van der Waals surface area contributed by atoms with Crippen molar-refractivity contribution in [3.05, 3.63) is 66.2 Å². The zero-order valence-electron chi connectivity index (χ0n) is 13.1. The van der Waals surface area contributed by atoms with Crippen LogP contribution in [0.1, 0.15) is 12.5 Å². The van der Waals surface area contributed by atoms with Crippen LogP contribution in [0.2, 0.25) is 0 Å². The number of hydrogen-bond donors (Lipinski definition) is 0. The molecule has 4 nitrogen and oxygen atoms in total. The van der Waals surface area contributed by atoms with Crippen LogP contribution in [0.25, 0.3) is 11.1 Å². The summed E-state index contributed by atoms with van der Waals surface area (Å²) in [7, 11) is 0. The topological polar surface area (TPSA) is 38.8 Å². The molecule has 1 heterocycles. The lowest BCUT2D eigenvalue weighted by atomic mass is 10.0. The quantitative estimate of drug-likeness (QED) is 0.639. The molecule has 0 aromatic heterocycles. The van der Waals surface area contributed by atoms with Crippen molar-refractivity contribution in [3.63, 3.8) is 0 Å². The van der Waals surface area contributed by atoms with Gasteiger partial charge in [0, 0.05) is 17.7 Å². The van der Waals surface area contributed by atoms with E-state index in [2.05, 4.69) is 30.8 Å². The van der Waals surface area contributed by atoms with E-state index in [1.54, 1.807) is 6.92 Å². The number of carbonyl (C=O) groups excluding carboxylic acids is 1. The predicted octanol–water partition coefficient (Wildman–Crippen LogP) is 3.58. The second kappa shape index (κ2) is 6.67. The molecule has 0 N–H and O–H groups in total. The van der Waals surface area contributed by atoms with E-state index in [0.29, 0.717) is 18.8 Å². The molecule has 0 fully saturated rings. The number of nitrogens with zero attached hydrogens (tertiary/aromatic N) is 1. The number of rotatable bonds is 4. The van der Waals surface area contributed by atoms with Gasteiger partial charge in [-0.1, -0.05) is 43.0 Å². The number of ether oxygens (including phenoxy) is 2. The molecule has 118 valence electrons. The van der Waals surface area contributed by atoms with Gasteiger partial charge in [0.15, 0.2) is 0 Å². The number of hydrogen-bond acceptors (Lipinski definition) is 4. The van der Waals surface area contributed by atoms with Crippen molar-refractivity contribution in [2.45, 2.75) is 13.5 Å². The number of carbonyl (C=O) groups is 1. The molecule has 23 heavy (non-hydrogen) atoms. The maximum atomic E-state index is 11.5. The van der Waals surface area contributed by atoms with E-state index in [-0.39, 0.29) is 12.7 Å². The molecule has 0 unspecified atom stereocenters. The molecule has 2 aromatic rings. The van der Waals surface area contributed by atoms with Gasteiger partial charge in [-0.3, -0.25) is 0 Å². The standard InChI is InChI=1S/C19H19NO3/c1-14(2)19(21)23-13-20-11-17-10-16(8-9-18(17)22-12-20)15-6-4-3-5-7-15/h3-10H,1,11-13H2,2H3. The van der Waals surface area contributed by atoms with Crippen LogP contribution in [0.3, 0.4) is 0 Å². The molecule has 0 amide bonds. The summed E-state index contributed by atoms with van der Waals surface area (Å²) in [5.41, 5.74) is 3.80. The molecule has 3 rings (SSSR count). The van der Waals surface area contributed by atoms with Crippen LogP contribution in [0.4, 0.5) is 0 Å². The Morgan fingerprint density at radius 1 is 1.22 bits per heavy atom. The molecule has 0 spiro atoms. The van der Waals surface area contributed by atoms with E-state index < -0.39 is 0 Å². The molecule has 0 atom stereocenters. The Morgan fingerprint density at radius 3 is 2.74 bits per heavy atom. The van der Waals surface area contributed by atoms with Crippen LogP contribution in [0.5, 0.6) is 5.75 Å². The Labute approximate surface area is 135 Å². The summed E-state index contributed by atoms with van der Waals surface area (Å²) < 4.78 is 10.9. The van der Waals surface area contributed by atoms with E-state index >= 15 is 0 Å². The highest BCUT2D eigenvalue weighted by Crippen LogP contribution is 2.30. The van der Waals surface area contributed by atoms with Gasteiger partial charge < -0.3 is 9.47 Å². The van der Waals surface area contributed by atoms with Crippen LogP contribution in [-0.4, -0.2) is 24.3 Å². The van der Waals surface area contributed by atoms with Crippen LogP contribution in [-0.2, 0) is 16.1 Å². The van der Waals surface area contributed by atoms with E-state index in [1.807, 2.05) is 29.2 Å². The Morgan fingerprint density at radius 2 is 2.00 bits per heavy atom. The molecule has 0 saturated heterocycles. The minimum atomic E-state index is -0.381. The Bertz CT molecular complexity index is 725. The molecule has 2 aromatic carbocycles. The zero-order valence-corrected chi connectivity index (χ0v) is 13.1. The summed E-state index contributed by atoms with van der Waals surface area (Å²) in [5.74, 6) is 0.501. The first-order valence-electron chi connectivity index (χ1n) is 7.49. The van der Waals surface area contributed by atoms with Crippen LogP contribution >= 0.6 is 0 Å². The van der Waals surface area contributed by atoms with Crippen LogP contribution in [0, 0.1) is 0 Å². The first kappa shape index (κ1) is 15.3. The summed E-state index contributed by atoms with van der Waals surface area (Å²) in [4.78, 5) is 13.4. The van der Waals surface area contributed by atoms with Gasteiger partial charge in [-0.2, -0.15) is 0 Å². The van der Waals surface area contributed by atoms with Gasteiger partial charge in [-0.15, -0.1) is 0 Å². The lowest BCUT2D eigenvalue weighted by Gasteiger charge is -2.28. The monoisotopic (exact) mass is 309 g/mol. The van der Waals surface area contributed by atoms with E-state index in [0.717, 1.165) is 16.9 Å². The highest BCUT2D eigenvalue weighted by Gasteiger charge is 2.19. The molecule has 0 saturated carbocycles. The minimum absolute atomic E-state index is 0.195. The van der Waals surface area contributed by atoms with Crippen LogP contribution in [0.15, 0.2) is 60.7 Å². The number of esters is 1. The van der Waals surface area contributed by atoms with Crippen molar-refractivity contribution in [2.24, 2.45) is 0 Å². The summed E-state index contributed by atoms with van der Waals surface area (Å²) in [6, 6.07) is 16.4. The fraction of sp³-hybridized carbons (Fsp3) is 0.211. The summed E-state index contributed by atoms with van der Waals surface area (Å²) >= 11 is 0. The number of fused-ring (bicyclic) bond motifs is 1. The second-order valence-electron chi connectivity index (χ2n) is 5.63. The first-order chi connectivity index (χ1) is 11.1. The van der Waals surface area contributed by atoms with Crippen LogP contribution < -0.4 is 4.74 Å². The minimum Gasteiger partial charge on any atom is -0.478 e. The lowest BCUT2D eigenvalue weighted by Crippen LogP contribution is -2.34. The third-order valence-corrected chi connectivity index (χ3v) is 3.69. The van der Waals surface area contributed by atoms with Gasteiger partial charge in [0.1, 0.15) is 19.2 Å².